The molecule has 0 bridgehead atoms. The van der Waals surface area contributed by atoms with Crippen molar-refractivity contribution in [2.75, 3.05) is 0 Å². The highest BCUT2D eigenvalue weighted by Gasteiger charge is 2.17. The summed E-state index contributed by atoms with van der Waals surface area (Å²) in [5.74, 6) is 0.936. The Kier molecular flexibility index (Phi) is 2.48. The molecule has 0 unspecified atom stereocenters. The number of nitrogens with zero attached hydrogens (tertiary/aromatic N) is 1. The summed E-state index contributed by atoms with van der Waals surface area (Å²) in [6, 6.07) is 1.95. The van der Waals surface area contributed by atoms with Gasteiger partial charge >= 0.3 is 0 Å². The van der Waals surface area contributed by atoms with Gasteiger partial charge in [0.25, 0.3) is 0 Å². The third-order valence-corrected chi connectivity index (χ3v) is 2.88. The quantitative estimate of drug-likeness (QED) is 0.715. The molecular formula is C11H15NO. The highest BCUT2D eigenvalue weighted by molar-refractivity contribution is 5.31. The van der Waals surface area contributed by atoms with Crippen LogP contribution in [0.2, 0.25) is 0 Å². The molecule has 70 valence electrons. The Labute approximate surface area is 78.6 Å². The highest BCUT2D eigenvalue weighted by atomic mass is 16.3. The standard InChI is InChI=1S/C11H15NO/c13-11-8-12-7-6-10(11)9-4-2-1-3-5-9/h6-9,13H,1-5H2. The fourth-order valence-electron chi connectivity index (χ4n) is 2.16. The first-order valence-electron chi connectivity index (χ1n) is 5.01. The molecule has 13 heavy (non-hydrogen) atoms. The molecule has 1 heterocycles. The molecule has 0 spiro atoms. The molecular weight excluding hydrogens is 162 g/mol. The molecule has 1 aliphatic carbocycles. The third kappa shape index (κ3) is 1.82. The second-order valence-corrected chi connectivity index (χ2v) is 3.77. The Hall–Kier alpha value is -1.05. The van der Waals surface area contributed by atoms with Crippen LogP contribution >= 0.6 is 0 Å². The van der Waals surface area contributed by atoms with E-state index in [0.717, 1.165) is 5.56 Å². The highest BCUT2D eigenvalue weighted by Crippen LogP contribution is 2.36. The first-order valence-corrected chi connectivity index (χ1v) is 5.01. The van der Waals surface area contributed by atoms with Gasteiger partial charge < -0.3 is 5.11 Å². The SMILES string of the molecule is Oc1cnccc1C1CCCCC1. The van der Waals surface area contributed by atoms with E-state index in [1.54, 1.807) is 12.4 Å². The summed E-state index contributed by atoms with van der Waals surface area (Å²) >= 11 is 0. The van der Waals surface area contributed by atoms with Gasteiger partial charge in [0.05, 0.1) is 6.20 Å². The zero-order chi connectivity index (χ0) is 9.10. The maximum atomic E-state index is 9.60. The average molecular weight is 177 g/mol. The molecule has 0 radical (unpaired) electrons. The molecule has 0 amide bonds. The van der Waals surface area contributed by atoms with Gasteiger partial charge in [-0.1, -0.05) is 19.3 Å². The van der Waals surface area contributed by atoms with Crippen LogP contribution in [0, 0.1) is 0 Å². The van der Waals surface area contributed by atoms with Gasteiger partial charge in [-0.3, -0.25) is 4.98 Å². The lowest BCUT2D eigenvalue weighted by Crippen LogP contribution is -2.04. The van der Waals surface area contributed by atoms with Crippen molar-refractivity contribution in [1.29, 1.82) is 0 Å². The summed E-state index contributed by atoms with van der Waals surface area (Å²) in [7, 11) is 0. The second-order valence-electron chi connectivity index (χ2n) is 3.77. The summed E-state index contributed by atoms with van der Waals surface area (Å²) in [5, 5.41) is 9.60. The van der Waals surface area contributed by atoms with Crippen LogP contribution in [0.4, 0.5) is 0 Å². The van der Waals surface area contributed by atoms with Crippen molar-refractivity contribution in [3.8, 4) is 5.75 Å². The summed E-state index contributed by atoms with van der Waals surface area (Å²) in [5.41, 5.74) is 1.09. The van der Waals surface area contributed by atoms with Crippen LogP contribution < -0.4 is 0 Å². The van der Waals surface area contributed by atoms with Gasteiger partial charge in [-0.15, -0.1) is 0 Å². The smallest absolute Gasteiger partial charge is 0.137 e. The van der Waals surface area contributed by atoms with E-state index in [-0.39, 0.29) is 0 Å². The minimum Gasteiger partial charge on any atom is -0.506 e. The number of rotatable bonds is 1. The normalized spacial score (nSPS) is 18.8. The third-order valence-electron chi connectivity index (χ3n) is 2.88. The zero-order valence-corrected chi connectivity index (χ0v) is 7.74. The van der Waals surface area contributed by atoms with E-state index in [2.05, 4.69) is 4.98 Å². The number of hydrogen-bond donors (Lipinski definition) is 1. The first kappa shape index (κ1) is 8.54. The van der Waals surface area contributed by atoms with Crippen LogP contribution in [-0.2, 0) is 0 Å². The molecule has 0 aromatic carbocycles. The first-order chi connectivity index (χ1) is 6.38. The molecule has 2 rings (SSSR count). The molecule has 1 saturated carbocycles. The molecule has 1 N–H and O–H groups in total. The van der Waals surface area contributed by atoms with Crippen molar-refractivity contribution in [1.82, 2.24) is 4.98 Å². The summed E-state index contributed by atoms with van der Waals surface area (Å²) < 4.78 is 0. The molecule has 2 nitrogen and oxygen atoms in total. The lowest BCUT2D eigenvalue weighted by Gasteiger charge is -2.22. The van der Waals surface area contributed by atoms with Crippen molar-refractivity contribution in [2.45, 2.75) is 38.0 Å². The Morgan fingerprint density at radius 2 is 2.00 bits per heavy atom. The average Bonchev–Trinajstić information content (AvgIpc) is 2.20. The zero-order valence-electron chi connectivity index (χ0n) is 7.74. The van der Waals surface area contributed by atoms with Crippen LogP contribution in [-0.4, -0.2) is 10.1 Å². The van der Waals surface area contributed by atoms with Crippen molar-refractivity contribution >= 4 is 0 Å². The van der Waals surface area contributed by atoms with Gasteiger partial charge in [-0.2, -0.15) is 0 Å². The van der Waals surface area contributed by atoms with E-state index in [9.17, 15) is 5.11 Å². The van der Waals surface area contributed by atoms with Crippen molar-refractivity contribution in [2.24, 2.45) is 0 Å². The molecule has 0 aliphatic heterocycles. The summed E-state index contributed by atoms with van der Waals surface area (Å²) in [6.45, 7) is 0. The predicted octanol–water partition coefficient (Wildman–Crippen LogP) is 2.83. The number of pyridine rings is 1. The molecule has 1 fully saturated rings. The summed E-state index contributed by atoms with van der Waals surface area (Å²) in [4.78, 5) is 3.89. The molecule has 1 aliphatic rings. The Morgan fingerprint density at radius 3 is 2.69 bits per heavy atom. The van der Waals surface area contributed by atoms with Gasteiger partial charge in [-0.05, 0) is 24.8 Å². The van der Waals surface area contributed by atoms with Crippen LogP contribution in [0.5, 0.6) is 5.75 Å². The second kappa shape index (κ2) is 3.77. The maximum Gasteiger partial charge on any atom is 0.137 e. The van der Waals surface area contributed by atoms with Gasteiger partial charge in [0, 0.05) is 11.8 Å². The van der Waals surface area contributed by atoms with E-state index in [4.69, 9.17) is 0 Å². The minimum absolute atomic E-state index is 0.370. The summed E-state index contributed by atoms with van der Waals surface area (Å²) in [6.07, 6.45) is 9.70. The minimum atomic E-state index is 0.370. The molecule has 2 heteroatoms. The topological polar surface area (TPSA) is 33.1 Å². The van der Waals surface area contributed by atoms with Gasteiger partial charge in [0.1, 0.15) is 5.75 Å². The van der Waals surface area contributed by atoms with E-state index in [1.807, 2.05) is 6.07 Å². The fraction of sp³-hybridized carbons (Fsp3) is 0.545. The molecule has 0 atom stereocenters. The van der Waals surface area contributed by atoms with Crippen molar-refractivity contribution in [3.63, 3.8) is 0 Å². The van der Waals surface area contributed by atoms with Gasteiger partial charge in [0.15, 0.2) is 0 Å². The van der Waals surface area contributed by atoms with Crippen LogP contribution in [0.1, 0.15) is 43.6 Å². The van der Waals surface area contributed by atoms with E-state index in [0.29, 0.717) is 11.7 Å². The van der Waals surface area contributed by atoms with Crippen LogP contribution in [0.3, 0.4) is 0 Å². The Morgan fingerprint density at radius 1 is 1.23 bits per heavy atom. The van der Waals surface area contributed by atoms with E-state index < -0.39 is 0 Å². The molecule has 1 aromatic rings. The lowest BCUT2D eigenvalue weighted by molar-refractivity contribution is 0.413. The van der Waals surface area contributed by atoms with E-state index in [1.165, 1.54) is 32.1 Å². The number of hydrogen-bond acceptors (Lipinski definition) is 2. The number of aromatic hydroxyl groups is 1. The fourth-order valence-corrected chi connectivity index (χ4v) is 2.16. The molecule has 1 aromatic heterocycles. The largest absolute Gasteiger partial charge is 0.506 e. The Bertz CT molecular complexity index is 279. The van der Waals surface area contributed by atoms with Gasteiger partial charge in [-0.25, -0.2) is 0 Å². The Balaban J connectivity index is 2.18. The van der Waals surface area contributed by atoms with Crippen LogP contribution in [0.15, 0.2) is 18.5 Å². The van der Waals surface area contributed by atoms with Crippen LogP contribution in [0.25, 0.3) is 0 Å². The van der Waals surface area contributed by atoms with E-state index >= 15 is 0 Å². The van der Waals surface area contributed by atoms with Crippen molar-refractivity contribution in [3.05, 3.63) is 24.0 Å². The lowest BCUT2D eigenvalue weighted by atomic mass is 9.84. The maximum absolute atomic E-state index is 9.60. The number of aromatic nitrogens is 1. The van der Waals surface area contributed by atoms with Gasteiger partial charge in [0.2, 0.25) is 0 Å². The monoisotopic (exact) mass is 177 g/mol. The predicted molar refractivity (Wildman–Crippen MR) is 51.7 cm³/mol. The molecule has 0 saturated heterocycles. The van der Waals surface area contributed by atoms with Crippen molar-refractivity contribution < 1.29 is 5.11 Å².